The van der Waals surface area contributed by atoms with Crippen molar-refractivity contribution in [3.63, 3.8) is 0 Å². The second kappa shape index (κ2) is 14.2. The molecule has 0 saturated heterocycles. The van der Waals surface area contributed by atoms with Gasteiger partial charge in [0.1, 0.15) is 11.7 Å². The lowest BCUT2D eigenvalue weighted by Crippen LogP contribution is -2.13. The van der Waals surface area contributed by atoms with Crippen LogP contribution in [0.15, 0.2) is 58.5 Å². The lowest BCUT2D eigenvalue weighted by Gasteiger charge is -2.00. The molecular weight excluding hydrogens is 367 g/mol. The zero-order valence-electron chi connectivity index (χ0n) is 15.9. The highest BCUT2D eigenvalue weighted by Gasteiger charge is 1.96. The quantitative estimate of drug-likeness (QED) is 0.597. The fourth-order valence-corrected chi connectivity index (χ4v) is 2.13. The molecule has 0 radical (unpaired) electrons. The molecule has 4 N–H and O–H groups in total. The Labute approximate surface area is 169 Å². The maximum atomic E-state index is 5.72. The first-order chi connectivity index (χ1) is 11.5. The number of benzene rings is 2. The van der Waals surface area contributed by atoms with Crippen LogP contribution in [-0.2, 0) is 0 Å². The molecule has 2 rings (SSSR count). The predicted molar refractivity (Wildman–Crippen MR) is 119 cm³/mol. The van der Waals surface area contributed by atoms with E-state index in [1.165, 1.54) is 11.1 Å². The average molecular weight is 397 g/mol. The summed E-state index contributed by atoms with van der Waals surface area (Å²) in [4.78, 5) is 8.26. The van der Waals surface area contributed by atoms with Gasteiger partial charge in [-0.1, -0.05) is 47.5 Å². The van der Waals surface area contributed by atoms with Crippen LogP contribution in [-0.4, -0.2) is 24.8 Å². The van der Waals surface area contributed by atoms with Crippen LogP contribution in [0.25, 0.3) is 0 Å². The van der Waals surface area contributed by atoms with E-state index in [-0.39, 0.29) is 24.8 Å². The minimum atomic E-state index is 0. The van der Waals surface area contributed by atoms with Gasteiger partial charge >= 0.3 is 0 Å². The monoisotopic (exact) mass is 396 g/mol. The van der Waals surface area contributed by atoms with Gasteiger partial charge in [-0.15, -0.1) is 24.8 Å². The van der Waals surface area contributed by atoms with Crippen molar-refractivity contribution in [2.75, 3.05) is 13.1 Å². The van der Waals surface area contributed by atoms with Gasteiger partial charge in [0.25, 0.3) is 0 Å². The van der Waals surface area contributed by atoms with Crippen LogP contribution in [0.4, 0.5) is 0 Å². The van der Waals surface area contributed by atoms with Gasteiger partial charge < -0.3 is 11.5 Å². The van der Waals surface area contributed by atoms with Crippen molar-refractivity contribution in [3.8, 4) is 0 Å². The molecule has 0 aromatic heterocycles. The second-order valence-corrected chi connectivity index (χ2v) is 5.46. The van der Waals surface area contributed by atoms with Crippen LogP contribution in [0.1, 0.15) is 36.1 Å². The van der Waals surface area contributed by atoms with Crippen molar-refractivity contribution < 1.29 is 0 Å². The zero-order valence-corrected chi connectivity index (χ0v) is 17.5. The molecule has 0 saturated carbocycles. The van der Waals surface area contributed by atoms with Gasteiger partial charge in [-0.3, -0.25) is 9.98 Å². The van der Waals surface area contributed by atoms with Crippen LogP contribution in [0.3, 0.4) is 0 Å². The molecule has 0 spiro atoms. The number of hydrogen-bond donors (Lipinski definition) is 2. The van der Waals surface area contributed by atoms with Crippen molar-refractivity contribution in [2.24, 2.45) is 21.5 Å². The van der Waals surface area contributed by atoms with Gasteiger partial charge in [-0.25, -0.2) is 0 Å². The molecule has 0 fully saturated rings. The number of rotatable bonds is 4. The third-order valence-corrected chi connectivity index (χ3v) is 3.28. The summed E-state index contributed by atoms with van der Waals surface area (Å²) in [6, 6.07) is 16.1. The third-order valence-electron chi connectivity index (χ3n) is 3.28. The molecule has 0 aliphatic heterocycles. The Kier molecular flexibility index (Phi) is 14.3. The number of amidine groups is 2. The fraction of sp³-hybridized carbons (Fsp3) is 0.300. The van der Waals surface area contributed by atoms with Crippen LogP contribution >= 0.6 is 24.8 Å². The molecule has 0 bridgehead atoms. The Balaban J connectivity index is 0. The number of aliphatic imine (C=N–C) groups is 2. The Hall–Kier alpha value is -2.04. The molecule has 144 valence electrons. The van der Waals surface area contributed by atoms with Crippen molar-refractivity contribution in [2.45, 2.75) is 27.7 Å². The maximum Gasteiger partial charge on any atom is 0.125 e. The van der Waals surface area contributed by atoms with E-state index in [2.05, 4.69) is 9.98 Å². The molecule has 26 heavy (non-hydrogen) atoms. The highest BCUT2D eigenvalue weighted by Crippen LogP contribution is 2.03. The smallest absolute Gasteiger partial charge is 0.125 e. The first-order valence-electron chi connectivity index (χ1n) is 8.21. The Bertz CT molecular complexity index is 651. The van der Waals surface area contributed by atoms with Gasteiger partial charge in [-0.2, -0.15) is 0 Å². The SMILES string of the molecule is CCN=C(N)c1cccc(C)c1.CCN=C(N)c1cccc(C)c1.Cl.Cl. The summed E-state index contributed by atoms with van der Waals surface area (Å²) in [5.74, 6) is 1.25. The molecular formula is C20H30Cl2N4. The van der Waals surface area contributed by atoms with Gasteiger partial charge in [0.05, 0.1) is 0 Å². The van der Waals surface area contributed by atoms with Gasteiger partial charge in [0.2, 0.25) is 0 Å². The fourth-order valence-electron chi connectivity index (χ4n) is 2.13. The largest absolute Gasteiger partial charge is 0.384 e. The van der Waals surface area contributed by atoms with Gasteiger partial charge in [0, 0.05) is 24.2 Å². The number of aryl methyl sites for hydroxylation is 2. The summed E-state index contributed by atoms with van der Waals surface area (Å²) in [7, 11) is 0. The number of nitrogens with two attached hydrogens (primary N) is 2. The second-order valence-electron chi connectivity index (χ2n) is 5.46. The van der Waals surface area contributed by atoms with Crippen molar-refractivity contribution in [1.82, 2.24) is 0 Å². The maximum absolute atomic E-state index is 5.72. The van der Waals surface area contributed by atoms with E-state index in [0.29, 0.717) is 11.7 Å². The lowest BCUT2D eigenvalue weighted by atomic mass is 10.1. The summed E-state index contributed by atoms with van der Waals surface area (Å²) < 4.78 is 0. The van der Waals surface area contributed by atoms with E-state index in [1.807, 2.05) is 76.2 Å². The molecule has 0 unspecified atom stereocenters. The first kappa shape index (κ1) is 26.2. The van der Waals surface area contributed by atoms with Crippen molar-refractivity contribution >= 4 is 36.5 Å². The van der Waals surface area contributed by atoms with Crippen LogP contribution < -0.4 is 11.5 Å². The molecule has 0 amide bonds. The topological polar surface area (TPSA) is 76.8 Å². The summed E-state index contributed by atoms with van der Waals surface area (Å²) in [5, 5.41) is 0. The van der Waals surface area contributed by atoms with E-state index >= 15 is 0 Å². The van der Waals surface area contributed by atoms with Crippen molar-refractivity contribution in [3.05, 3.63) is 70.8 Å². The zero-order chi connectivity index (χ0) is 17.9. The highest BCUT2D eigenvalue weighted by atomic mass is 35.5. The first-order valence-corrected chi connectivity index (χ1v) is 8.21. The van der Waals surface area contributed by atoms with Crippen LogP contribution in [0.5, 0.6) is 0 Å². The van der Waals surface area contributed by atoms with E-state index in [0.717, 1.165) is 24.2 Å². The van der Waals surface area contributed by atoms with Gasteiger partial charge in [0.15, 0.2) is 0 Å². The Morgan fingerprint density at radius 3 is 1.35 bits per heavy atom. The molecule has 2 aromatic carbocycles. The predicted octanol–water partition coefficient (Wildman–Crippen LogP) is 4.28. The Morgan fingerprint density at radius 1 is 0.731 bits per heavy atom. The number of halogens is 2. The minimum absolute atomic E-state index is 0. The van der Waals surface area contributed by atoms with Gasteiger partial charge in [-0.05, 0) is 39.8 Å². The van der Waals surface area contributed by atoms with Crippen LogP contribution in [0.2, 0.25) is 0 Å². The number of nitrogens with zero attached hydrogens (tertiary/aromatic N) is 2. The molecule has 4 nitrogen and oxygen atoms in total. The van der Waals surface area contributed by atoms with Crippen LogP contribution in [0, 0.1) is 13.8 Å². The van der Waals surface area contributed by atoms with E-state index < -0.39 is 0 Å². The normalized spacial score (nSPS) is 10.8. The van der Waals surface area contributed by atoms with E-state index in [9.17, 15) is 0 Å². The van der Waals surface area contributed by atoms with E-state index in [1.54, 1.807) is 0 Å². The third kappa shape index (κ3) is 9.44. The molecule has 0 aliphatic carbocycles. The molecule has 6 heteroatoms. The highest BCUT2D eigenvalue weighted by molar-refractivity contribution is 5.98. The molecule has 0 heterocycles. The summed E-state index contributed by atoms with van der Waals surface area (Å²) >= 11 is 0. The molecule has 2 aromatic rings. The molecule has 0 aliphatic rings. The minimum Gasteiger partial charge on any atom is -0.384 e. The lowest BCUT2D eigenvalue weighted by molar-refractivity contribution is 1.12. The summed E-state index contributed by atoms with van der Waals surface area (Å²) in [5.41, 5.74) is 15.9. The Morgan fingerprint density at radius 2 is 1.08 bits per heavy atom. The molecule has 0 atom stereocenters. The average Bonchev–Trinajstić information content (AvgIpc) is 2.56. The van der Waals surface area contributed by atoms with Crippen molar-refractivity contribution in [1.29, 1.82) is 0 Å². The van der Waals surface area contributed by atoms with E-state index in [4.69, 9.17) is 11.5 Å². The number of hydrogen-bond acceptors (Lipinski definition) is 2. The summed E-state index contributed by atoms with van der Waals surface area (Å²) in [6.07, 6.45) is 0. The summed E-state index contributed by atoms with van der Waals surface area (Å²) in [6.45, 7) is 9.51. The standard InChI is InChI=1S/2C10H14N2.2ClH/c2*1-3-12-10(11)9-6-4-5-8(2)7-9;;/h2*4-7H,3H2,1-2H3,(H2,11,12);2*1H.